The number of phenols is 2. The van der Waals surface area contributed by atoms with Crippen LogP contribution in [0.2, 0.25) is 0 Å². The first-order valence-corrected chi connectivity index (χ1v) is 6.70. The van der Waals surface area contributed by atoms with Gasteiger partial charge in [-0.25, -0.2) is 9.59 Å². The quantitative estimate of drug-likeness (QED) is 0.247. The third-order valence-electron chi connectivity index (χ3n) is 2.98. The lowest BCUT2D eigenvalue weighted by atomic mass is 9.98. The zero-order valence-electron chi connectivity index (χ0n) is 12.5. The van der Waals surface area contributed by atoms with Crippen molar-refractivity contribution in [3.05, 3.63) is 29.8 Å². The topological polar surface area (TPSA) is 179 Å². The largest absolute Gasteiger partial charge is 0.504 e. The second kappa shape index (κ2) is 8.34. The van der Waals surface area contributed by atoms with Gasteiger partial charge >= 0.3 is 23.9 Å². The first kappa shape index (κ1) is 19.5. The molecule has 10 heteroatoms. The van der Waals surface area contributed by atoms with Gasteiger partial charge in [0.25, 0.3) is 0 Å². The van der Waals surface area contributed by atoms with E-state index in [0.717, 1.165) is 24.3 Å². The summed E-state index contributed by atoms with van der Waals surface area (Å²) in [6.45, 7) is 0. The van der Waals surface area contributed by atoms with E-state index in [1.807, 2.05) is 0 Å². The van der Waals surface area contributed by atoms with E-state index >= 15 is 0 Å². The SMILES string of the molecule is O=C(O)C[C@H](C(=O)O)[C@@H](OC(=O)C=Cc1ccc(O)c(O)c1)C(=O)O. The zero-order valence-corrected chi connectivity index (χ0v) is 12.5. The Kier molecular flexibility index (Phi) is 6.50. The molecular weight excluding hydrogens is 340 g/mol. The number of carbonyl (C=O) groups excluding carboxylic acids is 1. The van der Waals surface area contributed by atoms with Crippen molar-refractivity contribution < 1.29 is 49.4 Å². The summed E-state index contributed by atoms with van der Waals surface area (Å²) >= 11 is 0. The predicted molar refractivity (Wildman–Crippen MR) is 79.7 cm³/mol. The molecule has 0 aliphatic heterocycles. The number of benzene rings is 1. The number of ether oxygens (including phenoxy) is 1. The van der Waals surface area contributed by atoms with Gasteiger partial charge in [-0.2, -0.15) is 0 Å². The molecule has 0 aliphatic rings. The van der Waals surface area contributed by atoms with Crippen LogP contribution in [0.25, 0.3) is 6.08 Å². The molecule has 1 aromatic rings. The van der Waals surface area contributed by atoms with E-state index in [1.165, 1.54) is 6.07 Å². The molecule has 25 heavy (non-hydrogen) atoms. The Morgan fingerprint density at radius 1 is 1.00 bits per heavy atom. The number of aromatic hydroxyl groups is 2. The van der Waals surface area contributed by atoms with Crippen LogP contribution in [0.1, 0.15) is 12.0 Å². The van der Waals surface area contributed by atoms with E-state index in [1.54, 1.807) is 0 Å². The molecule has 10 nitrogen and oxygen atoms in total. The lowest BCUT2D eigenvalue weighted by Gasteiger charge is -2.18. The highest BCUT2D eigenvalue weighted by atomic mass is 16.6. The van der Waals surface area contributed by atoms with Gasteiger partial charge in [-0.15, -0.1) is 0 Å². The van der Waals surface area contributed by atoms with Crippen LogP contribution in [0, 0.1) is 5.92 Å². The number of carbonyl (C=O) groups is 4. The van der Waals surface area contributed by atoms with Crippen molar-refractivity contribution in [2.75, 3.05) is 0 Å². The molecule has 0 radical (unpaired) electrons. The van der Waals surface area contributed by atoms with Crippen LogP contribution in [0.15, 0.2) is 24.3 Å². The Bertz CT molecular complexity index is 721. The summed E-state index contributed by atoms with van der Waals surface area (Å²) in [7, 11) is 0. The molecule has 1 aromatic carbocycles. The van der Waals surface area contributed by atoms with Gasteiger partial charge in [0, 0.05) is 6.08 Å². The number of hydrogen-bond donors (Lipinski definition) is 5. The van der Waals surface area contributed by atoms with Gasteiger partial charge in [-0.05, 0) is 23.8 Å². The number of esters is 1. The molecule has 0 aromatic heterocycles. The molecule has 0 spiro atoms. The van der Waals surface area contributed by atoms with Crippen LogP contribution in [-0.4, -0.2) is 55.5 Å². The first-order chi connectivity index (χ1) is 11.6. The summed E-state index contributed by atoms with van der Waals surface area (Å²) in [5, 5.41) is 45.0. The zero-order chi connectivity index (χ0) is 19.1. The second-order valence-corrected chi connectivity index (χ2v) is 4.82. The minimum Gasteiger partial charge on any atom is -0.504 e. The fraction of sp³-hybridized carbons (Fsp3) is 0.200. The lowest BCUT2D eigenvalue weighted by molar-refractivity contribution is -0.172. The van der Waals surface area contributed by atoms with Crippen molar-refractivity contribution in [1.29, 1.82) is 0 Å². The Morgan fingerprint density at radius 3 is 2.12 bits per heavy atom. The standard InChI is InChI=1S/C15H14O10/c16-9-3-1-7(5-10(9)17)2-4-12(20)25-13(15(23)24)8(14(21)22)6-11(18)19/h1-5,8,13,16-17H,6H2,(H,18,19)(H,21,22)(H,23,24)/t8-,13+/m0/s1. The van der Waals surface area contributed by atoms with E-state index < -0.39 is 48.1 Å². The third kappa shape index (κ3) is 5.86. The van der Waals surface area contributed by atoms with Crippen molar-refractivity contribution in [2.24, 2.45) is 5.92 Å². The summed E-state index contributed by atoms with van der Waals surface area (Å²) in [5.74, 6) is -9.14. The molecule has 0 saturated carbocycles. The second-order valence-electron chi connectivity index (χ2n) is 4.82. The number of phenolic OH excluding ortho intramolecular Hbond substituents is 2. The van der Waals surface area contributed by atoms with E-state index in [9.17, 15) is 24.3 Å². The molecule has 0 heterocycles. The molecular formula is C15H14O10. The maximum Gasteiger partial charge on any atom is 0.345 e. The maximum atomic E-state index is 11.7. The first-order valence-electron chi connectivity index (χ1n) is 6.70. The van der Waals surface area contributed by atoms with Crippen LogP contribution in [0.3, 0.4) is 0 Å². The van der Waals surface area contributed by atoms with Crippen molar-refractivity contribution in [3.8, 4) is 11.5 Å². The van der Waals surface area contributed by atoms with Crippen LogP contribution < -0.4 is 0 Å². The van der Waals surface area contributed by atoms with Gasteiger partial charge in [0.1, 0.15) is 5.92 Å². The van der Waals surface area contributed by atoms with Crippen LogP contribution >= 0.6 is 0 Å². The molecule has 0 unspecified atom stereocenters. The third-order valence-corrected chi connectivity index (χ3v) is 2.98. The molecule has 0 fully saturated rings. The number of carboxylic acid groups (broad SMARTS) is 3. The smallest absolute Gasteiger partial charge is 0.345 e. The van der Waals surface area contributed by atoms with Gasteiger partial charge in [-0.1, -0.05) is 6.07 Å². The minimum absolute atomic E-state index is 0.263. The molecule has 134 valence electrons. The molecule has 0 amide bonds. The Labute approximate surface area is 140 Å². The van der Waals surface area contributed by atoms with Crippen molar-refractivity contribution in [2.45, 2.75) is 12.5 Å². The fourth-order valence-corrected chi connectivity index (χ4v) is 1.79. The minimum atomic E-state index is -2.20. The number of aliphatic carboxylic acids is 3. The number of carboxylic acids is 3. The highest BCUT2D eigenvalue weighted by Crippen LogP contribution is 2.25. The van der Waals surface area contributed by atoms with Crippen LogP contribution in [0.4, 0.5) is 0 Å². The summed E-state index contributed by atoms with van der Waals surface area (Å²) < 4.78 is 4.53. The number of hydrogen-bond acceptors (Lipinski definition) is 7. The maximum absolute atomic E-state index is 11.7. The highest BCUT2D eigenvalue weighted by Gasteiger charge is 2.38. The molecule has 0 saturated heterocycles. The van der Waals surface area contributed by atoms with Gasteiger partial charge in [0.05, 0.1) is 6.42 Å². The molecule has 0 aliphatic carbocycles. The number of rotatable bonds is 8. The normalized spacial score (nSPS) is 13.1. The van der Waals surface area contributed by atoms with Crippen molar-refractivity contribution >= 4 is 30.0 Å². The molecule has 0 bridgehead atoms. The van der Waals surface area contributed by atoms with Gasteiger partial charge in [0.15, 0.2) is 11.5 Å². The Morgan fingerprint density at radius 2 is 1.64 bits per heavy atom. The average Bonchev–Trinajstić information content (AvgIpc) is 2.51. The van der Waals surface area contributed by atoms with Gasteiger partial charge in [-0.3, -0.25) is 9.59 Å². The van der Waals surface area contributed by atoms with E-state index in [4.69, 9.17) is 20.4 Å². The van der Waals surface area contributed by atoms with E-state index in [0.29, 0.717) is 0 Å². The van der Waals surface area contributed by atoms with Crippen molar-refractivity contribution in [3.63, 3.8) is 0 Å². The molecule has 2 atom stereocenters. The predicted octanol–water partition coefficient (Wildman–Crippen LogP) is 0.283. The Balaban J connectivity index is 2.89. The molecule has 5 N–H and O–H groups in total. The van der Waals surface area contributed by atoms with Gasteiger partial charge < -0.3 is 30.3 Å². The lowest BCUT2D eigenvalue weighted by Crippen LogP contribution is -2.39. The Hall–Kier alpha value is -3.56. The monoisotopic (exact) mass is 354 g/mol. The summed E-state index contributed by atoms with van der Waals surface area (Å²) in [6.07, 6.45) is -1.36. The summed E-state index contributed by atoms with van der Waals surface area (Å²) in [6, 6.07) is 3.59. The van der Waals surface area contributed by atoms with Gasteiger partial charge in [0.2, 0.25) is 6.10 Å². The van der Waals surface area contributed by atoms with E-state index in [2.05, 4.69) is 4.74 Å². The average molecular weight is 354 g/mol. The van der Waals surface area contributed by atoms with Crippen LogP contribution in [0.5, 0.6) is 11.5 Å². The van der Waals surface area contributed by atoms with E-state index in [-0.39, 0.29) is 11.3 Å². The van der Waals surface area contributed by atoms with Crippen LogP contribution in [-0.2, 0) is 23.9 Å². The fourth-order valence-electron chi connectivity index (χ4n) is 1.79. The summed E-state index contributed by atoms with van der Waals surface area (Å²) in [4.78, 5) is 44.4. The summed E-state index contributed by atoms with van der Waals surface area (Å²) in [5.41, 5.74) is 0.263. The highest BCUT2D eigenvalue weighted by molar-refractivity contribution is 5.91. The van der Waals surface area contributed by atoms with Crippen molar-refractivity contribution in [1.82, 2.24) is 0 Å². The molecule has 1 rings (SSSR count).